The molecule has 6 nitrogen and oxygen atoms in total. The van der Waals surface area contributed by atoms with E-state index in [0.29, 0.717) is 11.7 Å². The number of anilines is 2. The number of aromatic nitrogens is 4. The highest BCUT2D eigenvalue weighted by Crippen LogP contribution is 2.23. The van der Waals surface area contributed by atoms with Gasteiger partial charge >= 0.3 is 0 Å². The van der Waals surface area contributed by atoms with Crippen LogP contribution in [0.4, 0.5) is 11.8 Å². The SMILES string of the molecule is CC[C@@H](C)Nc1nc(N)nc2[nH]nc(C)c12. The fourth-order valence-electron chi connectivity index (χ4n) is 1.53. The second kappa shape index (κ2) is 3.96. The molecule has 0 bridgehead atoms. The van der Waals surface area contributed by atoms with E-state index in [1.165, 1.54) is 0 Å². The fourth-order valence-corrected chi connectivity index (χ4v) is 1.53. The number of fused-ring (bicyclic) bond motifs is 1. The van der Waals surface area contributed by atoms with Crippen molar-refractivity contribution in [2.45, 2.75) is 33.2 Å². The van der Waals surface area contributed by atoms with Gasteiger partial charge < -0.3 is 11.1 Å². The number of nitrogens with two attached hydrogens (primary N) is 1. The molecule has 0 aromatic carbocycles. The van der Waals surface area contributed by atoms with E-state index in [0.717, 1.165) is 23.3 Å². The molecule has 0 aliphatic rings. The zero-order valence-corrected chi connectivity index (χ0v) is 9.70. The van der Waals surface area contributed by atoms with E-state index in [9.17, 15) is 0 Å². The average Bonchev–Trinajstić information content (AvgIpc) is 2.60. The number of aryl methyl sites for hydroxylation is 1. The predicted molar refractivity (Wildman–Crippen MR) is 64.2 cm³/mol. The first-order valence-electron chi connectivity index (χ1n) is 5.36. The van der Waals surface area contributed by atoms with E-state index >= 15 is 0 Å². The smallest absolute Gasteiger partial charge is 0.224 e. The van der Waals surface area contributed by atoms with Crippen LogP contribution in [-0.2, 0) is 0 Å². The van der Waals surface area contributed by atoms with Crippen LogP contribution in [0.3, 0.4) is 0 Å². The molecule has 0 saturated carbocycles. The van der Waals surface area contributed by atoms with Crippen LogP contribution in [0.2, 0.25) is 0 Å². The van der Waals surface area contributed by atoms with Crippen LogP contribution in [-0.4, -0.2) is 26.2 Å². The lowest BCUT2D eigenvalue weighted by molar-refractivity contribution is 0.760. The molecular formula is C10H16N6. The van der Waals surface area contributed by atoms with E-state index in [1.807, 2.05) is 6.92 Å². The Labute approximate surface area is 93.7 Å². The van der Waals surface area contributed by atoms with Gasteiger partial charge in [0.25, 0.3) is 0 Å². The zero-order valence-electron chi connectivity index (χ0n) is 9.70. The van der Waals surface area contributed by atoms with Gasteiger partial charge in [0.2, 0.25) is 5.95 Å². The normalized spacial score (nSPS) is 12.9. The lowest BCUT2D eigenvalue weighted by atomic mass is 10.2. The second-order valence-electron chi connectivity index (χ2n) is 3.92. The molecule has 2 heterocycles. The minimum Gasteiger partial charge on any atom is -0.368 e. The zero-order chi connectivity index (χ0) is 11.7. The number of aromatic amines is 1. The van der Waals surface area contributed by atoms with Gasteiger partial charge in [-0.1, -0.05) is 6.92 Å². The van der Waals surface area contributed by atoms with Crippen LogP contribution in [0, 0.1) is 6.92 Å². The molecule has 0 unspecified atom stereocenters. The van der Waals surface area contributed by atoms with Crippen molar-refractivity contribution in [2.75, 3.05) is 11.1 Å². The van der Waals surface area contributed by atoms with Gasteiger partial charge in [-0.05, 0) is 20.3 Å². The van der Waals surface area contributed by atoms with Crippen LogP contribution >= 0.6 is 0 Å². The molecule has 2 aromatic heterocycles. The van der Waals surface area contributed by atoms with Crippen molar-refractivity contribution >= 4 is 22.8 Å². The summed E-state index contributed by atoms with van der Waals surface area (Å²) in [5, 5.41) is 11.2. The Bertz CT molecular complexity index is 503. The molecule has 4 N–H and O–H groups in total. The summed E-state index contributed by atoms with van der Waals surface area (Å²) in [5.41, 5.74) is 7.19. The molecule has 6 heteroatoms. The first-order valence-corrected chi connectivity index (χ1v) is 5.36. The second-order valence-corrected chi connectivity index (χ2v) is 3.92. The number of hydrogen-bond acceptors (Lipinski definition) is 5. The van der Waals surface area contributed by atoms with Gasteiger partial charge in [0.15, 0.2) is 5.65 Å². The van der Waals surface area contributed by atoms with Crippen molar-refractivity contribution in [2.24, 2.45) is 0 Å². The average molecular weight is 220 g/mol. The Morgan fingerprint density at radius 2 is 2.19 bits per heavy atom. The summed E-state index contributed by atoms with van der Waals surface area (Å²) in [5.74, 6) is 1.00. The molecule has 16 heavy (non-hydrogen) atoms. The van der Waals surface area contributed by atoms with Crippen LogP contribution in [0.25, 0.3) is 11.0 Å². The number of hydrogen-bond donors (Lipinski definition) is 3. The molecule has 0 saturated heterocycles. The molecule has 0 fully saturated rings. The third-order valence-electron chi connectivity index (χ3n) is 2.61. The van der Waals surface area contributed by atoms with Gasteiger partial charge in [0.05, 0.1) is 11.1 Å². The van der Waals surface area contributed by atoms with Crippen molar-refractivity contribution in [1.29, 1.82) is 0 Å². The quantitative estimate of drug-likeness (QED) is 0.728. The third kappa shape index (κ3) is 1.78. The van der Waals surface area contributed by atoms with Gasteiger partial charge in [-0.25, -0.2) is 0 Å². The first-order chi connectivity index (χ1) is 7.61. The van der Waals surface area contributed by atoms with Crippen LogP contribution < -0.4 is 11.1 Å². The maximum atomic E-state index is 5.64. The van der Waals surface area contributed by atoms with Crippen molar-refractivity contribution in [3.8, 4) is 0 Å². The Hall–Kier alpha value is -1.85. The lowest BCUT2D eigenvalue weighted by Crippen LogP contribution is -2.15. The topological polar surface area (TPSA) is 92.5 Å². The van der Waals surface area contributed by atoms with Crippen LogP contribution in [0.5, 0.6) is 0 Å². The highest BCUT2D eigenvalue weighted by Gasteiger charge is 2.12. The molecule has 0 aliphatic heterocycles. The van der Waals surface area contributed by atoms with Crippen molar-refractivity contribution in [3.05, 3.63) is 5.69 Å². The third-order valence-corrected chi connectivity index (χ3v) is 2.61. The minimum atomic E-state index is 0.252. The lowest BCUT2D eigenvalue weighted by Gasteiger charge is -2.13. The standard InChI is InChI=1S/C10H16N6/c1-4-5(2)12-8-7-6(3)15-16-9(7)14-10(11)13-8/h5H,4H2,1-3H3,(H4,11,12,13,14,15,16)/t5-/m1/s1. The molecule has 86 valence electrons. The van der Waals surface area contributed by atoms with Gasteiger partial charge in [-0.15, -0.1) is 0 Å². The maximum Gasteiger partial charge on any atom is 0.224 e. The van der Waals surface area contributed by atoms with Crippen LogP contribution in [0.1, 0.15) is 26.0 Å². The highest BCUT2D eigenvalue weighted by atomic mass is 15.2. The van der Waals surface area contributed by atoms with Crippen molar-refractivity contribution < 1.29 is 0 Å². The largest absolute Gasteiger partial charge is 0.368 e. The Morgan fingerprint density at radius 1 is 1.44 bits per heavy atom. The number of nitrogen functional groups attached to an aromatic ring is 1. The molecule has 0 amide bonds. The monoisotopic (exact) mass is 220 g/mol. The molecule has 2 aromatic rings. The van der Waals surface area contributed by atoms with Gasteiger partial charge in [0.1, 0.15) is 5.82 Å². The Kier molecular flexibility index (Phi) is 2.64. The first kappa shape index (κ1) is 10.7. The molecule has 2 rings (SSSR count). The van der Waals surface area contributed by atoms with Gasteiger partial charge in [0, 0.05) is 6.04 Å². The number of nitrogens with zero attached hydrogens (tertiary/aromatic N) is 3. The predicted octanol–water partition coefficient (Wildman–Crippen LogP) is 1.45. The maximum absolute atomic E-state index is 5.64. The number of nitrogens with one attached hydrogen (secondary N) is 2. The van der Waals surface area contributed by atoms with E-state index in [4.69, 9.17) is 5.73 Å². The summed E-state index contributed by atoms with van der Waals surface area (Å²) < 4.78 is 0. The summed E-state index contributed by atoms with van der Waals surface area (Å²) in [6.07, 6.45) is 1.02. The Balaban J connectivity index is 2.53. The summed E-state index contributed by atoms with van der Waals surface area (Å²) >= 11 is 0. The number of H-pyrrole nitrogens is 1. The van der Waals surface area contributed by atoms with Crippen LogP contribution in [0.15, 0.2) is 0 Å². The summed E-state index contributed by atoms with van der Waals surface area (Å²) in [6, 6.07) is 0.340. The van der Waals surface area contributed by atoms with Crippen molar-refractivity contribution in [3.63, 3.8) is 0 Å². The summed E-state index contributed by atoms with van der Waals surface area (Å²) in [4.78, 5) is 8.32. The molecule has 0 spiro atoms. The molecule has 0 aliphatic carbocycles. The minimum absolute atomic E-state index is 0.252. The molecule has 1 atom stereocenters. The fraction of sp³-hybridized carbons (Fsp3) is 0.500. The highest BCUT2D eigenvalue weighted by molar-refractivity contribution is 5.89. The number of rotatable bonds is 3. The van der Waals surface area contributed by atoms with E-state index < -0.39 is 0 Å². The summed E-state index contributed by atoms with van der Waals surface area (Å²) in [7, 11) is 0. The van der Waals surface area contributed by atoms with Gasteiger partial charge in [-0.3, -0.25) is 5.10 Å². The molecular weight excluding hydrogens is 204 g/mol. The van der Waals surface area contributed by atoms with Gasteiger partial charge in [-0.2, -0.15) is 15.1 Å². The Morgan fingerprint density at radius 3 is 2.88 bits per heavy atom. The van der Waals surface area contributed by atoms with E-state index in [-0.39, 0.29) is 5.95 Å². The van der Waals surface area contributed by atoms with E-state index in [1.54, 1.807) is 0 Å². The summed E-state index contributed by atoms with van der Waals surface area (Å²) in [6.45, 7) is 6.13. The molecule has 0 radical (unpaired) electrons. The van der Waals surface area contributed by atoms with E-state index in [2.05, 4.69) is 39.3 Å². The van der Waals surface area contributed by atoms with Crippen molar-refractivity contribution in [1.82, 2.24) is 20.2 Å².